The van der Waals surface area contributed by atoms with Gasteiger partial charge in [0.2, 0.25) is 0 Å². The van der Waals surface area contributed by atoms with Crippen molar-refractivity contribution in [3.8, 4) is 5.75 Å². The molecular weight excluding hydrogens is 250 g/mol. The van der Waals surface area contributed by atoms with Crippen molar-refractivity contribution in [2.24, 2.45) is 0 Å². The summed E-state index contributed by atoms with van der Waals surface area (Å²) in [5.74, 6) is -0.758. The fourth-order valence-electron chi connectivity index (χ4n) is 1.98. The lowest BCUT2D eigenvalue weighted by atomic mass is 10.0. The van der Waals surface area contributed by atoms with E-state index in [4.69, 9.17) is 9.84 Å². The van der Waals surface area contributed by atoms with Crippen molar-refractivity contribution in [3.05, 3.63) is 46.0 Å². The van der Waals surface area contributed by atoms with Gasteiger partial charge in [-0.1, -0.05) is 18.2 Å². The van der Waals surface area contributed by atoms with Crippen LogP contribution in [0.15, 0.2) is 30.3 Å². The number of methoxy groups -OCH3 is 1. The van der Waals surface area contributed by atoms with Gasteiger partial charge in [-0.15, -0.1) is 0 Å². The first-order valence-corrected chi connectivity index (χ1v) is 5.48. The first-order valence-electron chi connectivity index (χ1n) is 5.48. The number of hydrogen-bond donors (Lipinski definition) is 1. The minimum Gasteiger partial charge on any atom is -0.490 e. The average Bonchev–Trinajstić information content (AvgIpc) is 2.36. The summed E-state index contributed by atoms with van der Waals surface area (Å²) < 4.78 is 4.97. The van der Waals surface area contributed by atoms with Crippen LogP contribution in [0.5, 0.6) is 5.75 Å². The molecule has 6 nitrogen and oxygen atoms in total. The first-order chi connectivity index (χ1) is 9.02. The molecule has 0 aliphatic heterocycles. The molecule has 0 aliphatic rings. The monoisotopic (exact) mass is 261 g/mol. The van der Waals surface area contributed by atoms with Gasteiger partial charge in [0.05, 0.1) is 23.8 Å². The molecule has 2 aromatic carbocycles. The van der Waals surface area contributed by atoms with E-state index in [0.717, 1.165) is 0 Å². The zero-order valence-electron chi connectivity index (χ0n) is 10.1. The summed E-state index contributed by atoms with van der Waals surface area (Å²) >= 11 is 0. The van der Waals surface area contributed by atoms with Gasteiger partial charge in [0, 0.05) is 0 Å². The lowest BCUT2D eigenvalue weighted by molar-refractivity contribution is -0.383. The van der Waals surface area contributed by atoms with Crippen LogP contribution < -0.4 is 4.74 Å². The summed E-state index contributed by atoms with van der Waals surface area (Å²) in [6, 6.07) is 7.94. The largest absolute Gasteiger partial charge is 0.490 e. The van der Waals surface area contributed by atoms with Crippen molar-refractivity contribution in [1.82, 2.24) is 0 Å². The molecule has 0 saturated heterocycles. The van der Waals surface area contributed by atoms with Crippen LogP contribution in [-0.4, -0.2) is 23.1 Å². The van der Waals surface area contributed by atoms with Crippen LogP contribution >= 0.6 is 0 Å². The van der Waals surface area contributed by atoms with Crippen LogP contribution in [0.1, 0.15) is 5.56 Å². The first kappa shape index (κ1) is 12.8. The Hall–Kier alpha value is -2.63. The van der Waals surface area contributed by atoms with Gasteiger partial charge >= 0.3 is 11.7 Å². The fraction of sp³-hybridized carbons (Fsp3) is 0.154. The number of fused-ring (bicyclic) bond motifs is 1. The molecule has 0 radical (unpaired) electrons. The fourth-order valence-corrected chi connectivity index (χ4v) is 1.98. The minimum atomic E-state index is -0.942. The molecule has 0 bridgehead atoms. The lowest BCUT2D eigenvalue weighted by Crippen LogP contribution is -2.00. The molecule has 0 aromatic heterocycles. The van der Waals surface area contributed by atoms with E-state index in [0.29, 0.717) is 16.3 Å². The predicted octanol–water partition coefficient (Wildman–Crippen LogP) is 2.38. The Kier molecular flexibility index (Phi) is 3.33. The normalized spacial score (nSPS) is 10.4. The highest BCUT2D eigenvalue weighted by Crippen LogP contribution is 2.35. The summed E-state index contributed by atoms with van der Waals surface area (Å²) in [5, 5.41) is 20.9. The number of nitro benzene ring substituents is 1. The second-order valence-electron chi connectivity index (χ2n) is 4.00. The van der Waals surface area contributed by atoms with E-state index in [1.165, 1.54) is 13.2 Å². The van der Waals surface area contributed by atoms with Crippen LogP contribution in [0.2, 0.25) is 0 Å². The quantitative estimate of drug-likeness (QED) is 0.674. The molecule has 0 fully saturated rings. The maximum Gasteiger partial charge on any atom is 0.318 e. The molecule has 0 atom stereocenters. The third-order valence-corrected chi connectivity index (χ3v) is 2.78. The second-order valence-corrected chi connectivity index (χ2v) is 4.00. The number of benzene rings is 2. The van der Waals surface area contributed by atoms with E-state index in [9.17, 15) is 14.9 Å². The van der Waals surface area contributed by atoms with E-state index >= 15 is 0 Å². The van der Waals surface area contributed by atoms with E-state index in [2.05, 4.69) is 0 Å². The van der Waals surface area contributed by atoms with Gasteiger partial charge < -0.3 is 9.84 Å². The van der Waals surface area contributed by atoms with Crippen molar-refractivity contribution in [1.29, 1.82) is 0 Å². The molecule has 2 rings (SSSR count). The number of ether oxygens (including phenoxy) is 1. The van der Waals surface area contributed by atoms with Crippen molar-refractivity contribution >= 4 is 22.4 Å². The maximum atomic E-state index is 11.1. The Morgan fingerprint density at radius 2 is 2.11 bits per heavy atom. The molecule has 0 spiro atoms. The summed E-state index contributed by atoms with van der Waals surface area (Å²) in [4.78, 5) is 21.2. The minimum absolute atomic E-state index is 0.109. The Labute approximate surface area is 108 Å². The highest BCUT2D eigenvalue weighted by molar-refractivity contribution is 5.94. The van der Waals surface area contributed by atoms with Crippen LogP contribution in [0.3, 0.4) is 0 Å². The second kappa shape index (κ2) is 4.93. The summed E-state index contributed by atoms with van der Waals surface area (Å²) in [6.07, 6.45) is -0.115. The number of aliphatic carboxylic acids is 1. The molecule has 0 amide bonds. The maximum absolute atomic E-state index is 11.1. The summed E-state index contributed by atoms with van der Waals surface area (Å²) in [6.45, 7) is 0. The van der Waals surface area contributed by atoms with Crippen LogP contribution in [0, 0.1) is 10.1 Å². The van der Waals surface area contributed by atoms with Gasteiger partial charge in [-0.2, -0.15) is 0 Å². The molecule has 0 saturated carbocycles. The number of carboxylic acids is 1. The Balaban J connectivity index is 2.64. The Morgan fingerprint density at radius 3 is 2.68 bits per heavy atom. The highest BCUT2D eigenvalue weighted by atomic mass is 16.6. The van der Waals surface area contributed by atoms with E-state index in [-0.39, 0.29) is 17.9 Å². The van der Waals surface area contributed by atoms with Crippen molar-refractivity contribution in [3.63, 3.8) is 0 Å². The van der Waals surface area contributed by atoms with E-state index in [1.54, 1.807) is 24.3 Å². The van der Waals surface area contributed by atoms with Gasteiger partial charge in [0.15, 0.2) is 5.75 Å². The molecule has 0 heterocycles. The number of nitrogens with zero attached hydrogens (tertiary/aromatic N) is 1. The average molecular weight is 261 g/mol. The summed E-state index contributed by atoms with van der Waals surface area (Å²) in [5.41, 5.74) is 0.487. The number of carbonyl (C=O) groups is 1. The molecule has 98 valence electrons. The summed E-state index contributed by atoms with van der Waals surface area (Å²) in [7, 11) is 1.37. The van der Waals surface area contributed by atoms with Crippen molar-refractivity contribution < 1.29 is 19.6 Å². The Morgan fingerprint density at radius 1 is 1.37 bits per heavy atom. The number of rotatable bonds is 4. The molecule has 6 heteroatoms. The molecule has 0 aliphatic carbocycles. The van der Waals surface area contributed by atoms with Gasteiger partial charge in [0.25, 0.3) is 0 Å². The molecular formula is C13H11NO5. The zero-order valence-corrected chi connectivity index (χ0v) is 10.1. The predicted molar refractivity (Wildman–Crippen MR) is 68.5 cm³/mol. The lowest BCUT2D eigenvalue weighted by Gasteiger charge is -2.06. The zero-order chi connectivity index (χ0) is 14.0. The molecule has 19 heavy (non-hydrogen) atoms. The smallest absolute Gasteiger partial charge is 0.318 e. The number of nitro groups is 1. The SMILES string of the molecule is COc1ccc2cc(CC(=O)O)ccc2c1[N+](=O)[O-]. The van der Waals surface area contributed by atoms with Gasteiger partial charge in [-0.05, 0) is 23.1 Å². The Bertz CT molecular complexity index is 665. The van der Waals surface area contributed by atoms with Gasteiger partial charge in [0.1, 0.15) is 0 Å². The third kappa shape index (κ3) is 2.47. The standard InChI is InChI=1S/C13H11NO5/c1-19-11-5-3-9-6-8(7-12(15)16)2-4-10(9)13(11)14(17)18/h2-6H,7H2,1H3,(H,15,16). The highest BCUT2D eigenvalue weighted by Gasteiger charge is 2.19. The molecule has 1 N–H and O–H groups in total. The van der Waals surface area contributed by atoms with Crippen LogP contribution in [0.4, 0.5) is 5.69 Å². The van der Waals surface area contributed by atoms with Crippen LogP contribution in [0.25, 0.3) is 10.8 Å². The molecule has 2 aromatic rings. The number of hydrogen-bond acceptors (Lipinski definition) is 4. The van der Waals surface area contributed by atoms with Crippen molar-refractivity contribution in [2.45, 2.75) is 6.42 Å². The van der Waals surface area contributed by atoms with E-state index in [1.807, 2.05) is 0 Å². The van der Waals surface area contributed by atoms with Crippen molar-refractivity contribution in [2.75, 3.05) is 7.11 Å². The van der Waals surface area contributed by atoms with Gasteiger partial charge in [-0.3, -0.25) is 14.9 Å². The van der Waals surface area contributed by atoms with Gasteiger partial charge in [-0.25, -0.2) is 0 Å². The topological polar surface area (TPSA) is 89.7 Å². The van der Waals surface area contributed by atoms with Crippen LogP contribution in [-0.2, 0) is 11.2 Å². The third-order valence-electron chi connectivity index (χ3n) is 2.78. The van der Waals surface area contributed by atoms with E-state index < -0.39 is 10.9 Å². The number of carboxylic acid groups (broad SMARTS) is 1. The molecule has 0 unspecified atom stereocenters.